The number of aliphatic hydroxyl groups is 1. The van der Waals surface area contributed by atoms with Crippen LogP contribution in [-0.2, 0) is 27.7 Å². The van der Waals surface area contributed by atoms with Crippen LogP contribution in [0.25, 0.3) is 0 Å². The summed E-state index contributed by atoms with van der Waals surface area (Å²) in [7, 11) is 0. The summed E-state index contributed by atoms with van der Waals surface area (Å²) in [5.74, 6) is 0. The fraction of sp³-hybridized carbons (Fsp3) is 1.00. The van der Waals surface area contributed by atoms with E-state index in [0.717, 1.165) is 6.42 Å². The van der Waals surface area contributed by atoms with Gasteiger partial charge in [0.25, 0.3) is 0 Å². The first-order valence-corrected chi connectivity index (χ1v) is 1.52. The predicted molar refractivity (Wildman–Crippen MR) is 17.4 cm³/mol. The molecule has 0 bridgehead atoms. The van der Waals surface area contributed by atoms with E-state index in [1.807, 2.05) is 6.92 Å². The van der Waals surface area contributed by atoms with Gasteiger partial charge in [0.15, 0.2) is 0 Å². The number of hydrogen-bond acceptors (Lipinski definition) is 1. The van der Waals surface area contributed by atoms with Crippen LogP contribution in [0, 0.1) is 0 Å². The second-order valence-electron chi connectivity index (χ2n) is 0.724. The van der Waals surface area contributed by atoms with E-state index in [2.05, 4.69) is 0 Å². The van der Waals surface area contributed by atoms with Gasteiger partial charge in [-0.15, -0.1) is 0 Å². The molecule has 0 aliphatic carbocycles. The molecule has 0 fully saturated rings. The third-order valence-corrected chi connectivity index (χ3v) is 0.224. The van der Waals surface area contributed by atoms with Crippen LogP contribution in [0.2, 0.25) is 0 Å². The molecule has 1 nitrogen and oxygen atoms in total. The first-order chi connectivity index (χ1) is 1.91. The van der Waals surface area contributed by atoms with Crippen molar-refractivity contribution in [2.75, 3.05) is 6.61 Å². The summed E-state index contributed by atoms with van der Waals surface area (Å²) in [6.07, 6.45) is 0.875. The van der Waals surface area contributed by atoms with Gasteiger partial charge < -0.3 is 5.11 Å². The summed E-state index contributed by atoms with van der Waals surface area (Å²) in [6.45, 7) is 2.25. The Balaban J connectivity index is 0. The van der Waals surface area contributed by atoms with E-state index in [1.165, 1.54) is 0 Å². The Kier molecular flexibility index (Phi) is 16.5. The first kappa shape index (κ1) is 9.31. The maximum atomic E-state index is 7.88. The zero-order valence-corrected chi connectivity index (χ0v) is 9.07. The molecule has 0 aromatic carbocycles. The minimum absolute atomic E-state index is 0. The van der Waals surface area contributed by atoms with Gasteiger partial charge in [0.2, 0.25) is 0 Å². The summed E-state index contributed by atoms with van der Waals surface area (Å²) in [5, 5.41) is 7.88. The Bertz CT molecular complexity index is 8.85. The maximum Gasteiger partial charge on any atom is 0.0428 e. The fourth-order valence-corrected chi connectivity index (χ4v) is 0. The molecule has 0 aliphatic heterocycles. The average Bonchev–Trinajstić information content (AvgIpc) is 1.37. The molecule has 0 spiro atoms. The van der Waals surface area contributed by atoms with Crippen molar-refractivity contribution >= 4 is 0 Å². The monoisotopic (exact) mass is 262 g/mol. The van der Waals surface area contributed by atoms with Gasteiger partial charge in [0, 0.05) is 34.3 Å². The molecule has 1 N–H and O–H groups in total. The van der Waals surface area contributed by atoms with Crippen molar-refractivity contribution in [1.29, 1.82) is 0 Å². The van der Waals surface area contributed by atoms with Crippen LogP contribution in [0.4, 0.5) is 0 Å². The number of hydrogen-bond donors (Lipinski definition) is 1. The zero-order valence-electron chi connectivity index (χ0n) is 3.57. The van der Waals surface area contributed by atoms with Gasteiger partial charge in [-0.3, -0.25) is 0 Å². The molecule has 28 valence electrons. The van der Waals surface area contributed by atoms with E-state index < -0.39 is 0 Å². The van der Waals surface area contributed by atoms with Gasteiger partial charge in [0.1, 0.15) is 0 Å². The van der Waals surface area contributed by atoms with Crippen molar-refractivity contribution < 1.29 is 32.8 Å². The first-order valence-electron chi connectivity index (χ1n) is 1.52. The van der Waals surface area contributed by atoms with Crippen molar-refractivity contribution in [3.8, 4) is 0 Å². The summed E-state index contributed by atoms with van der Waals surface area (Å²) in [6, 6.07) is 0. The summed E-state index contributed by atoms with van der Waals surface area (Å²) < 4.78 is 0. The molecule has 2 heteroatoms. The SMILES string of the molecule is CCCO.[Hg]. The smallest absolute Gasteiger partial charge is 0.0428 e. The van der Waals surface area contributed by atoms with Crippen LogP contribution in [0.15, 0.2) is 0 Å². The number of rotatable bonds is 1. The molecule has 0 unspecified atom stereocenters. The van der Waals surface area contributed by atoms with Crippen LogP contribution in [0.5, 0.6) is 0 Å². The standard InChI is InChI=1S/C3H8O.Hg/c1-2-3-4;/h4H,2-3H2,1H3;. The third kappa shape index (κ3) is 11.4. The van der Waals surface area contributed by atoms with Crippen molar-refractivity contribution in [2.45, 2.75) is 13.3 Å². The van der Waals surface area contributed by atoms with E-state index in [1.54, 1.807) is 0 Å². The van der Waals surface area contributed by atoms with Gasteiger partial charge >= 0.3 is 0 Å². The Labute approximate surface area is 52.9 Å². The van der Waals surface area contributed by atoms with Crippen LogP contribution in [0.3, 0.4) is 0 Å². The molecule has 0 heterocycles. The predicted octanol–water partition coefficient (Wildman–Crippen LogP) is 0.386. The molecular weight excluding hydrogens is 253 g/mol. The van der Waals surface area contributed by atoms with Crippen LogP contribution < -0.4 is 0 Å². The second-order valence-corrected chi connectivity index (χ2v) is 0.724. The molecule has 0 atom stereocenters. The van der Waals surface area contributed by atoms with Crippen molar-refractivity contribution in [3.63, 3.8) is 0 Å². The Morgan fingerprint density at radius 1 is 1.60 bits per heavy atom. The topological polar surface area (TPSA) is 20.2 Å². The zero-order chi connectivity index (χ0) is 3.41. The average molecular weight is 261 g/mol. The minimum atomic E-state index is 0. The minimum Gasteiger partial charge on any atom is -0.396 e. The Hall–Kier alpha value is 0.895. The molecule has 0 rings (SSSR count). The van der Waals surface area contributed by atoms with Gasteiger partial charge in [0.05, 0.1) is 0 Å². The van der Waals surface area contributed by atoms with Crippen LogP contribution in [-0.4, -0.2) is 11.7 Å². The normalized spacial score (nSPS) is 6.00. The van der Waals surface area contributed by atoms with Crippen molar-refractivity contribution in [1.82, 2.24) is 0 Å². The van der Waals surface area contributed by atoms with E-state index in [4.69, 9.17) is 5.11 Å². The molecule has 0 aromatic rings. The van der Waals surface area contributed by atoms with Crippen LogP contribution in [0.1, 0.15) is 13.3 Å². The molecule has 5 heavy (non-hydrogen) atoms. The van der Waals surface area contributed by atoms with Crippen LogP contribution >= 0.6 is 0 Å². The van der Waals surface area contributed by atoms with Gasteiger partial charge in [-0.1, -0.05) is 6.92 Å². The van der Waals surface area contributed by atoms with Gasteiger partial charge in [-0.2, -0.15) is 0 Å². The molecule has 0 saturated heterocycles. The molecule has 0 amide bonds. The molecular formula is C3H8HgO. The molecule has 0 radical (unpaired) electrons. The summed E-state index contributed by atoms with van der Waals surface area (Å²) in [4.78, 5) is 0. The summed E-state index contributed by atoms with van der Waals surface area (Å²) >= 11 is 0. The summed E-state index contributed by atoms with van der Waals surface area (Å²) in [5.41, 5.74) is 0. The quantitative estimate of drug-likeness (QED) is 0.676. The van der Waals surface area contributed by atoms with E-state index in [-0.39, 0.29) is 27.7 Å². The fourth-order valence-electron chi connectivity index (χ4n) is 0. The van der Waals surface area contributed by atoms with E-state index >= 15 is 0 Å². The second kappa shape index (κ2) is 8.86. The molecule has 0 aliphatic rings. The van der Waals surface area contributed by atoms with Crippen molar-refractivity contribution in [2.24, 2.45) is 0 Å². The van der Waals surface area contributed by atoms with Gasteiger partial charge in [-0.05, 0) is 6.42 Å². The Morgan fingerprint density at radius 3 is 1.80 bits per heavy atom. The largest absolute Gasteiger partial charge is 0.396 e. The molecule has 0 saturated carbocycles. The maximum absolute atomic E-state index is 7.88. The molecule has 0 aromatic heterocycles. The van der Waals surface area contributed by atoms with Gasteiger partial charge in [-0.25, -0.2) is 0 Å². The van der Waals surface area contributed by atoms with E-state index in [9.17, 15) is 0 Å². The number of aliphatic hydroxyl groups excluding tert-OH is 1. The van der Waals surface area contributed by atoms with Crippen molar-refractivity contribution in [3.05, 3.63) is 0 Å². The van der Waals surface area contributed by atoms with E-state index in [0.29, 0.717) is 6.61 Å². The Morgan fingerprint density at radius 2 is 1.80 bits per heavy atom. The third-order valence-electron chi connectivity index (χ3n) is 0.224.